The Morgan fingerprint density at radius 3 is 3.04 bits per heavy atom. The Morgan fingerprint density at radius 2 is 2.21 bits per heavy atom. The largest absolute Gasteiger partial charge is 0.356 e. The molecule has 0 radical (unpaired) electrons. The van der Waals surface area contributed by atoms with Crippen molar-refractivity contribution < 1.29 is 9.59 Å². The van der Waals surface area contributed by atoms with Crippen molar-refractivity contribution in [3.8, 4) is 0 Å². The van der Waals surface area contributed by atoms with E-state index in [0.29, 0.717) is 25.8 Å². The van der Waals surface area contributed by atoms with Crippen LogP contribution in [-0.2, 0) is 22.6 Å². The van der Waals surface area contributed by atoms with Crippen LogP contribution in [0.1, 0.15) is 24.8 Å². The Bertz CT molecular complexity index is 697. The summed E-state index contributed by atoms with van der Waals surface area (Å²) in [6, 6.07) is 9.70. The van der Waals surface area contributed by atoms with Crippen LogP contribution in [0.3, 0.4) is 0 Å². The summed E-state index contributed by atoms with van der Waals surface area (Å²) in [6.07, 6.45) is 6.14. The first kappa shape index (κ1) is 16.2. The number of hydrogen-bond donors (Lipinski definition) is 2. The number of nitrogens with one attached hydrogen (secondary N) is 2. The number of para-hydroxylation sites is 1. The van der Waals surface area contributed by atoms with Crippen molar-refractivity contribution in [3.63, 3.8) is 0 Å². The SMILES string of the molecule is O=C(CC[C@@H]1Cc2ccccc2NC1=O)NCCCn1cccn1. The summed E-state index contributed by atoms with van der Waals surface area (Å²) < 4.78 is 1.84. The molecule has 1 aliphatic heterocycles. The molecule has 1 aromatic carbocycles. The van der Waals surface area contributed by atoms with Gasteiger partial charge in [-0.05, 0) is 37.0 Å². The van der Waals surface area contributed by atoms with Gasteiger partial charge in [0.25, 0.3) is 0 Å². The Labute approximate surface area is 141 Å². The summed E-state index contributed by atoms with van der Waals surface area (Å²) >= 11 is 0. The minimum absolute atomic E-state index is 0.00197. The van der Waals surface area contributed by atoms with Crippen molar-refractivity contribution in [2.75, 3.05) is 11.9 Å². The average Bonchev–Trinajstić information content (AvgIpc) is 3.10. The highest BCUT2D eigenvalue weighted by atomic mass is 16.2. The number of aryl methyl sites for hydroxylation is 1. The van der Waals surface area contributed by atoms with Crippen LogP contribution in [0.4, 0.5) is 5.69 Å². The molecule has 126 valence electrons. The Balaban J connectivity index is 1.37. The zero-order chi connectivity index (χ0) is 16.8. The molecule has 0 saturated heterocycles. The third-order valence-corrected chi connectivity index (χ3v) is 4.28. The predicted octanol–water partition coefficient (Wildman–Crippen LogP) is 1.98. The van der Waals surface area contributed by atoms with Crippen molar-refractivity contribution in [1.82, 2.24) is 15.1 Å². The number of rotatable bonds is 7. The van der Waals surface area contributed by atoms with Gasteiger partial charge in [0.1, 0.15) is 0 Å². The molecule has 6 nitrogen and oxygen atoms in total. The zero-order valence-corrected chi connectivity index (χ0v) is 13.6. The molecule has 24 heavy (non-hydrogen) atoms. The number of anilines is 1. The number of aromatic nitrogens is 2. The zero-order valence-electron chi connectivity index (χ0n) is 13.6. The number of carbonyl (C=O) groups is 2. The average molecular weight is 326 g/mol. The van der Waals surface area contributed by atoms with Gasteiger partial charge in [0.15, 0.2) is 0 Å². The van der Waals surface area contributed by atoms with E-state index in [1.807, 2.05) is 41.2 Å². The van der Waals surface area contributed by atoms with Crippen LogP contribution >= 0.6 is 0 Å². The lowest BCUT2D eigenvalue weighted by Crippen LogP contribution is -2.32. The fraction of sp³-hybridized carbons (Fsp3) is 0.389. The molecule has 0 saturated carbocycles. The van der Waals surface area contributed by atoms with Gasteiger partial charge in [0, 0.05) is 43.5 Å². The minimum Gasteiger partial charge on any atom is -0.356 e. The molecule has 0 spiro atoms. The van der Waals surface area contributed by atoms with Gasteiger partial charge < -0.3 is 10.6 Å². The summed E-state index contributed by atoms with van der Waals surface area (Å²) in [5, 5.41) is 9.94. The van der Waals surface area contributed by atoms with Crippen LogP contribution in [0, 0.1) is 5.92 Å². The van der Waals surface area contributed by atoms with E-state index in [0.717, 1.165) is 24.2 Å². The van der Waals surface area contributed by atoms with Gasteiger partial charge in [-0.25, -0.2) is 0 Å². The van der Waals surface area contributed by atoms with Crippen molar-refractivity contribution in [2.24, 2.45) is 5.92 Å². The molecule has 0 fully saturated rings. The van der Waals surface area contributed by atoms with E-state index < -0.39 is 0 Å². The maximum Gasteiger partial charge on any atom is 0.227 e. The molecule has 0 bridgehead atoms. The number of carbonyl (C=O) groups excluding carboxylic acids is 2. The van der Waals surface area contributed by atoms with Gasteiger partial charge in [-0.15, -0.1) is 0 Å². The van der Waals surface area contributed by atoms with Crippen molar-refractivity contribution in [2.45, 2.75) is 32.2 Å². The van der Waals surface area contributed by atoms with Crippen molar-refractivity contribution in [1.29, 1.82) is 0 Å². The number of benzene rings is 1. The topological polar surface area (TPSA) is 76.0 Å². The summed E-state index contributed by atoms with van der Waals surface area (Å²) in [5.74, 6) is -0.114. The maximum absolute atomic E-state index is 12.1. The third kappa shape index (κ3) is 4.22. The Kier molecular flexibility index (Phi) is 5.25. The quantitative estimate of drug-likeness (QED) is 0.764. The van der Waals surface area contributed by atoms with Crippen LogP contribution < -0.4 is 10.6 Å². The van der Waals surface area contributed by atoms with E-state index in [1.165, 1.54) is 0 Å². The van der Waals surface area contributed by atoms with Crippen LogP contribution in [-0.4, -0.2) is 28.1 Å². The van der Waals surface area contributed by atoms with E-state index in [4.69, 9.17) is 0 Å². The first-order valence-corrected chi connectivity index (χ1v) is 8.35. The van der Waals surface area contributed by atoms with Gasteiger partial charge in [0.2, 0.25) is 11.8 Å². The predicted molar refractivity (Wildman–Crippen MR) is 91.4 cm³/mol. The van der Waals surface area contributed by atoms with E-state index in [-0.39, 0.29) is 17.7 Å². The lowest BCUT2D eigenvalue weighted by atomic mass is 9.89. The molecule has 1 aromatic heterocycles. The van der Waals surface area contributed by atoms with Crippen LogP contribution in [0.2, 0.25) is 0 Å². The lowest BCUT2D eigenvalue weighted by Gasteiger charge is -2.24. The van der Waals surface area contributed by atoms with Gasteiger partial charge in [-0.3, -0.25) is 14.3 Å². The first-order chi connectivity index (χ1) is 11.7. The number of fused-ring (bicyclic) bond motifs is 1. The summed E-state index contributed by atoms with van der Waals surface area (Å²) in [6.45, 7) is 1.41. The summed E-state index contributed by atoms with van der Waals surface area (Å²) in [4.78, 5) is 24.0. The fourth-order valence-corrected chi connectivity index (χ4v) is 2.94. The molecule has 3 rings (SSSR count). The third-order valence-electron chi connectivity index (χ3n) is 4.28. The molecule has 0 aliphatic carbocycles. The van der Waals surface area contributed by atoms with E-state index in [9.17, 15) is 9.59 Å². The van der Waals surface area contributed by atoms with Gasteiger partial charge >= 0.3 is 0 Å². The molecule has 1 aliphatic rings. The van der Waals surface area contributed by atoms with E-state index >= 15 is 0 Å². The van der Waals surface area contributed by atoms with Crippen LogP contribution in [0.5, 0.6) is 0 Å². The first-order valence-electron chi connectivity index (χ1n) is 8.35. The Hall–Kier alpha value is -2.63. The molecule has 2 heterocycles. The maximum atomic E-state index is 12.1. The van der Waals surface area contributed by atoms with Crippen LogP contribution in [0.25, 0.3) is 0 Å². The highest BCUT2D eigenvalue weighted by Crippen LogP contribution is 2.27. The highest BCUT2D eigenvalue weighted by molar-refractivity contribution is 5.96. The summed E-state index contributed by atoms with van der Waals surface area (Å²) in [7, 11) is 0. The van der Waals surface area contributed by atoms with Gasteiger partial charge in [-0.1, -0.05) is 18.2 Å². The Morgan fingerprint density at radius 1 is 1.33 bits per heavy atom. The highest BCUT2D eigenvalue weighted by Gasteiger charge is 2.26. The van der Waals surface area contributed by atoms with Crippen LogP contribution in [0.15, 0.2) is 42.7 Å². The second-order valence-corrected chi connectivity index (χ2v) is 6.06. The van der Waals surface area contributed by atoms with Crippen molar-refractivity contribution in [3.05, 3.63) is 48.3 Å². The molecule has 2 N–H and O–H groups in total. The van der Waals surface area contributed by atoms with E-state index in [2.05, 4.69) is 15.7 Å². The normalized spacial score (nSPS) is 16.3. The van der Waals surface area contributed by atoms with Gasteiger partial charge in [0.05, 0.1) is 0 Å². The smallest absolute Gasteiger partial charge is 0.227 e. The second-order valence-electron chi connectivity index (χ2n) is 6.06. The monoisotopic (exact) mass is 326 g/mol. The number of hydrogen-bond acceptors (Lipinski definition) is 3. The summed E-state index contributed by atoms with van der Waals surface area (Å²) in [5.41, 5.74) is 2.03. The number of nitrogens with zero attached hydrogens (tertiary/aromatic N) is 2. The molecular formula is C18H22N4O2. The van der Waals surface area contributed by atoms with Crippen molar-refractivity contribution >= 4 is 17.5 Å². The second kappa shape index (κ2) is 7.77. The van der Waals surface area contributed by atoms with Gasteiger partial charge in [-0.2, -0.15) is 5.10 Å². The minimum atomic E-state index is -0.130. The molecule has 1 atom stereocenters. The fourth-order valence-electron chi connectivity index (χ4n) is 2.94. The van der Waals surface area contributed by atoms with E-state index in [1.54, 1.807) is 6.20 Å². The standard InChI is InChI=1S/C18H22N4O2/c23-17(19-9-3-11-22-12-4-10-20-22)8-7-15-13-14-5-1-2-6-16(14)21-18(15)24/h1-2,4-6,10,12,15H,3,7-9,11,13H2,(H,19,23)(H,21,24)/t15-/m1/s1. The number of amides is 2. The molecular weight excluding hydrogens is 304 g/mol. The molecule has 0 unspecified atom stereocenters. The lowest BCUT2D eigenvalue weighted by molar-refractivity contribution is -0.122. The molecule has 2 aromatic rings. The molecule has 2 amide bonds. The molecule has 6 heteroatoms.